The number of nitrogens with zero attached hydrogens (tertiary/aromatic N) is 2. The zero-order chi connectivity index (χ0) is 29.8. The average molecular weight is 742 g/mol. The van der Waals surface area contributed by atoms with E-state index in [4.69, 9.17) is 19.6 Å². The van der Waals surface area contributed by atoms with Crippen molar-refractivity contribution in [2.75, 3.05) is 14.2 Å². The molecule has 1 radical (unpaired) electrons. The Morgan fingerprint density at radius 2 is 1.38 bits per heavy atom. The van der Waals surface area contributed by atoms with Crippen molar-refractivity contribution in [2.45, 2.75) is 59.3 Å². The number of hydrogen-bond donors (Lipinski definition) is 2. The van der Waals surface area contributed by atoms with Crippen molar-refractivity contribution >= 4 is 33.0 Å². The summed E-state index contributed by atoms with van der Waals surface area (Å²) in [6.07, 6.45) is 0. The summed E-state index contributed by atoms with van der Waals surface area (Å²) < 4.78 is 8.93. The summed E-state index contributed by atoms with van der Waals surface area (Å²) in [4.78, 5) is 5.20. The molecule has 0 fully saturated rings. The first kappa shape index (κ1) is 33.2. The molecule has 0 saturated carbocycles. The van der Waals surface area contributed by atoms with Crippen LogP contribution in [-0.2, 0) is 20.1 Å². The number of furan rings is 1. The first-order chi connectivity index (χ1) is 19.8. The summed E-state index contributed by atoms with van der Waals surface area (Å²) in [7, 11) is 2.00. The maximum Gasteiger partial charge on any atom is 0.121 e. The molecule has 0 atom stereocenters. The fourth-order valence-corrected chi connectivity index (χ4v) is 5.47. The van der Waals surface area contributed by atoms with Crippen LogP contribution in [0.3, 0.4) is 0 Å². The molecule has 6 rings (SSSR count). The maximum absolute atomic E-state index is 7.00. The SMILES string of the molecule is CC(C)c1ccc2c(c1)oc1c(-c3nc4ccccc4n3-c3c(C(C)C)cccc3C(C)C)[c-]ccc12.CO.CO.[Ir]. The normalized spacial score (nSPS) is 11.1. The van der Waals surface area contributed by atoms with Gasteiger partial charge in [0.25, 0.3) is 0 Å². The molecule has 0 bridgehead atoms. The zero-order valence-corrected chi connectivity index (χ0v) is 28.1. The second-order valence-corrected chi connectivity index (χ2v) is 11.0. The average Bonchev–Trinajstić information content (AvgIpc) is 3.56. The van der Waals surface area contributed by atoms with Gasteiger partial charge in [-0.25, -0.2) is 0 Å². The Bertz CT molecular complexity index is 1750. The first-order valence-electron chi connectivity index (χ1n) is 14.2. The molecule has 42 heavy (non-hydrogen) atoms. The Kier molecular flexibility index (Phi) is 11.3. The fourth-order valence-electron chi connectivity index (χ4n) is 5.47. The van der Waals surface area contributed by atoms with E-state index in [-0.39, 0.29) is 20.1 Å². The van der Waals surface area contributed by atoms with E-state index in [1.807, 2.05) is 6.07 Å². The van der Waals surface area contributed by atoms with Crippen LogP contribution in [0, 0.1) is 6.07 Å². The van der Waals surface area contributed by atoms with Crippen molar-refractivity contribution in [1.82, 2.24) is 9.55 Å². The van der Waals surface area contributed by atoms with Crippen molar-refractivity contribution in [3.05, 3.63) is 95.6 Å². The predicted molar refractivity (Wildman–Crippen MR) is 171 cm³/mol. The minimum atomic E-state index is 0. The number of imidazole rings is 1. The summed E-state index contributed by atoms with van der Waals surface area (Å²) in [6.45, 7) is 13.5. The van der Waals surface area contributed by atoms with E-state index in [0.29, 0.717) is 17.8 Å². The third-order valence-electron chi connectivity index (χ3n) is 7.47. The van der Waals surface area contributed by atoms with Crippen LogP contribution in [0.5, 0.6) is 0 Å². The van der Waals surface area contributed by atoms with Gasteiger partial charge in [0, 0.05) is 45.4 Å². The van der Waals surface area contributed by atoms with E-state index >= 15 is 0 Å². The fraction of sp³-hybridized carbons (Fsp3) is 0.306. The Morgan fingerprint density at radius 3 is 2.00 bits per heavy atom. The van der Waals surface area contributed by atoms with E-state index < -0.39 is 0 Å². The number of hydrogen-bond acceptors (Lipinski definition) is 4. The van der Waals surface area contributed by atoms with Gasteiger partial charge in [-0.15, -0.1) is 18.2 Å². The van der Waals surface area contributed by atoms with Crippen LogP contribution in [0.25, 0.3) is 50.0 Å². The molecule has 2 N–H and O–H groups in total. The van der Waals surface area contributed by atoms with Gasteiger partial charge in [-0.3, -0.25) is 4.98 Å². The minimum absolute atomic E-state index is 0. The van der Waals surface area contributed by atoms with Gasteiger partial charge in [0.05, 0.1) is 22.4 Å². The van der Waals surface area contributed by atoms with Crippen LogP contribution < -0.4 is 0 Å². The van der Waals surface area contributed by atoms with Crippen LogP contribution in [0.4, 0.5) is 0 Å². The van der Waals surface area contributed by atoms with Gasteiger partial charge in [-0.05, 0) is 52.6 Å². The molecule has 6 heteroatoms. The molecule has 223 valence electrons. The van der Waals surface area contributed by atoms with Crippen LogP contribution in [0.2, 0.25) is 0 Å². The number of para-hydroxylation sites is 3. The van der Waals surface area contributed by atoms with Gasteiger partial charge < -0.3 is 19.2 Å². The molecular formula is C36H41IrN2O3-. The Balaban J connectivity index is 0.000000929. The molecule has 0 spiro atoms. The molecule has 4 aromatic carbocycles. The monoisotopic (exact) mass is 742 g/mol. The molecule has 0 unspecified atom stereocenters. The van der Waals surface area contributed by atoms with E-state index in [0.717, 1.165) is 58.6 Å². The Hall–Kier alpha value is -3.28. The van der Waals surface area contributed by atoms with Gasteiger partial charge in [0.2, 0.25) is 0 Å². The third-order valence-corrected chi connectivity index (χ3v) is 7.47. The quantitative estimate of drug-likeness (QED) is 0.173. The summed E-state index contributed by atoms with van der Waals surface area (Å²) in [5.74, 6) is 2.03. The number of aliphatic hydroxyl groups excluding tert-OH is 2. The third kappa shape index (κ3) is 5.95. The van der Waals surface area contributed by atoms with E-state index in [1.165, 1.54) is 22.4 Å². The number of aliphatic hydroxyl groups is 2. The zero-order valence-electron chi connectivity index (χ0n) is 25.7. The van der Waals surface area contributed by atoms with Crippen LogP contribution >= 0.6 is 0 Å². The molecule has 2 aromatic heterocycles. The predicted octanol–water partition coefficient (Wildman–Crippen LogP) is 8.98. The summed E-state index contributed by atoms with van der Waals surface area (Å²) in [5.41, 5.74) is 9.83. The van der Waals surface area contributed by atoms with Crippen LogP contribution in [-0.4, -0.2) is 34.0 Å². The topological polar surface area (TPSA) is 71.4 Å². The maximum atomic E-state index is 7.00. The largest absolute Gasteiger partial charge is 0.501 e. The second kappa shape index (κ2) is 14.3. The molecular weight excluding hydrogens is 701 g/mol. The standard InChI is InChI=1S/C34H33N2O.2CH4O.Ir/c1-20(2)23-17-18-26-27-13-10-14-28(33(27)37-31(26)19-23)34-35-29-15-7-8-16-30(29)36(34)32-24(21(3)4)11-9-12-25(32)22(5)6;2*1-2;/h7-13,15-22H,1-6H3;2*2H,1H3;/q-1;;;. The number of aromatic nitrogens is 2. The van der Waals surface area contributed by atoms with Gasteiger partial charge in [-0.2, -0.15) is 0 Å². The number of rotatable bonds is 5. The smallest absolute Gasteiger partial charge is 0.121 e. The van der Waals surface area contributed by atoms with Crippen molar-refractivity contribution < 1.29 is 34.7 Å². The summed E-state index contributed by atoms with van der Waals surface area (Å²) in [5, 5.41) is 16.2. The molecule has 0 saturated heterocycles. The van der Waals surface area contributed by atoms with Gasteiger partial charge in [0.1, 0.15) is 5.58 Å². The van der Waals surface area contributed by atoms with Crippen molar-refractivity contribution in [3.63, 3.8) is 0 Å². The number of benzene rings is 4. The van der Waals surface area contributed by atoms with Crippen molar-refractivity contribution in [3.8, 4) is 17.1 Å². The Labute approximate surface area is 262 Å². The minimum Gasteiger partial charge on any atom is -0.501 e. The van der Waals surface area contributed by atoms with E-state index in [9.17, 15) is 0 Å². The molecule has 6 aromatic rings. The molecule has 0 aliphatic carbocycles. The summed E-state index contributed by atoms with van der Waals surface area (Å²) in [6, 6.07) is 29.3. The van der Waals surface area contributed by atoms with E-state index in [1.54, 1.807) is 0 Å². The molecule has 0 aliphatic rings. The summed E-state index contributed by atoms with van der Waals surface area (Å²) >= 11 is 0. The second-order valence-electron chi connectivity index (χ2n) is 11.0. The van der Waals surface area contributed by atoms with Crippen LogP contribution in [0.1, 0.15) is 76.0 Å². The van der Waals surface area contributed by atoms with Crippen molar-refractivity contribution in [2.24, 2.45) is 0 Å². The molecule has 5 nitrogen and oxygen atoms in total. The number of fused-ring (bicyclic) bond motifs is 4. The Morgan fingerprint density at radius 1 is 0.738 bits per heavy atom. The van der Waals surface area contributed by atoms with Gasteiger partial charge in [-0.1, -0.05) is 95.0 Å². The van der Waals surface area contributed by atoms with Crippen molar-refractivity contribution in [1.29, 1.82) is 0 Å². The van der Waals surface area contributed by atoms with Gasteiger partial charge in [0.15, 0.2) is 0 Å². The molecule has 0 amide bonds. The molecule has 0 aliphatic heterocycles. The van der Waals surface area contributed by atoms with Crippen LogP contribution in [0.15, 0.2) is 77.2 Å². The van der Waals surface area contributed by atoms with E-state index in [2.05, 4.69) is 119 Å². The molecule has 2 heterocycles. The first-order valence-corrected chi connectivity index (χ1v) is 14.2. The van der Waals surface area contributed by atoms with Gasteiger partial charge >= 0.3 is 0 Å².